The van der Waals surface area contributed by atoms with E-state index in [9.17, 15) is 8.42 Å². The first kappa shape index (κ1) is 11.6. The van der Waals surface area contributed by atoms with Crippen molar-refractivity contribution in [3.8, 4) is 18.1 Å². The Morgan fingerprint density at radius 3 is 2.67 bits per heavy atom. The Morgan fingerprint density at radius 1 is 1.40 bits per heavy atom. The predicted molar refractivity (Wildman–Crippen MR) is 58.5 cm³/mol. The molecule has 3 nitrogen and oxygen atoms in total. The van der Waals surface area contributed by atoms with Crippen LogP contribution in [-0.4, -0.2) is 20.8 Å². The zero-order chi connectivity index (χ0) is 11.3. The van der Waals surface area contributed by atoms with Crippen LogP contribution in [0.15, 0.2) is 29.2 Å². The minimum Gasteiger partial charge on any atom is -0.493 e. The summed E-state index contributed by atoms with van der Waals surface area (Å²) < 4.78 is 28.6. The van der Waals surface area contributed by atoms with Crippen molar-refractivity contribution in [2.45, 2.75) is 11.8 Å². The lowest BCUT2D eigenvalue weighted by molar-refractivity contribution is 0.331. The lowest BCUT2D eigenvalue weighted by Crippen LogP contribution is -2.07. The van der Waals surface area contributed by atoms with Gasteiger partial charge < -0.3 is 4.74 Å². The van der Waals surface area contributed by atoms with Gasteiger partial charge in [0.05, 0.1) is 6.61 Å². The average Bonchev–Trinajstić information content (AvgIpc) is 2.19. The Hall–Kier alpha value is -1.47. The molecule has 4 heteroatoms. The van der Waals surface area contributed by atoms with Gasteiger partial charge in [-0.1, -0.05) is 18.1 Å². The molecule has 0 N–H and O–H groups in total. The number of benzene rings is 1. The molecule has 0 bridgehead atoms. The molecule has 0 aliphatic rings. The molecular weight excluding hydrogens is 212 g/mol. The minimum absolute atomic E-state index is 0.157. The third-order valence-corrected chi connectivity index (χ3v) is 3.31. The maximum absolute atomic E-state index is 11.7. The molecule has 0 aromatic heterocycles. The molecule has 1 aromatic carbocycles. The van der Waals surface area contributed by atoms with E-state index in [1.807, 2.05) is 0 Å². The Labute approximate surface area is 90.0 Å². The van der Waals surface area contributed by atoms with E-state index in [-0.39, 0.29) is 10.6 Å². The molecule has 0 radical (unpaired) electrons. The minimum atomic E-state index is -3.42. The van der Waals surface area contributed by atoms with Crippen LogP contribution < -0.4 is 4.74 Å². The van der Waals surface area contributed by atoms with Crippen molar-refractivity contribution in [2.75, 3.05) is 12.4 Å². The molecule has 0 saturated heterocycles. The number of hydrogen-bond donors (Lipinski definition) is 0. The lowest BCUT2D eigenvalue weighted by Gasteiger charge is -2.08. The normalized spacial score (nSPS) is 10.7. The van der Waals surface area contributed by atoms with Gasteiger partial charge >= 0.3 is 0 Å². The van der Waals surface area contributed by atoms with Crippen LogP contribution in [-0.2, 0) is 9.84 Å². The summed E-state index contributed by atoms with van der Waals surface area (Å²) in [5.41, 5.74) is 0. The Morgan fingerprint density at radius 2 is 2.07 bits per heavy atom. The van der Waals surface area contributed by atoms with Crippen LogP contribution >= 0.6 is 0 Å². The van der Waals surface area contributed by atoms with Crippen LogP contribution in [0.3, 0.4) is 0 Å². The van der Waals surface area contributed by atoms with Crippen LogP contribution in [0, 0.1) is 12.3 Å². The van der Waals surface area contributed by atoms with Crippen molar-refractivity contribution in [1.29, 1.82) is 0 Å². The number of terminal acetylenes is 1. The maximum Gasteiger partial charge on any atom is 0.193 e. The quantitative estimate of drug-likeness (QED) is 0.728. The summed E-state index contributed by atoms with van der Waals surface area (Å²) in [5, 5.41) is 0. The number of sulfone groups is 1. The molecular formula is C11H12O3S. The van der Waals surface area contributed by atoms with Crippen LogP contribution in [0.2, 0.25) is 0 Å². The highest BCUT2D eigenvalue weighted by Gasteiger charge is 2.17. The first-order valence-electron chi connectivity index (χ1n) is 4.50. The van der Waals surface area contributed by atoms with Crippen molar-refractivity contribution < 1.29 is 13.2 Å². The van der Waals surface area contributed by atoms with Gasteiger partial charge in [-0.05, 0) is 19.1 Å². The zero-order valence-electron chi connectivity index (χ0n) is 8.43. The molecule has 0 amide bonds. The van der Waals surface area contributed by atoms with Gasteiger partial charge in [0, 0.05) is 0 Å². The van der Waals surface area contributed by atoms with Gasteiger partial charge in [0.25, 0.3) is 0 Å². The summed E-state index contributed by atoms with van der Waals surface area (Å²) in [6.45, 7) is 2.22. The van der Waals surface area contributed by atoms with Crippen LogP contribution in [0.5, 0.6) is 5.75 Å². The molecule has 1 rings (SSSR count). The Balaban J connectivity index is 3.20. The molecule has 1 aromatic rings. The van der Waals surface area contributed by atoms with E-state index in [0.717, 1.165) is 0 Å². The molecule has 0 fully saturated rings. The second-order valence-corrected chi connectivity index (χ2v) is 4.80. The van der Waals surface area contributed by atoms with E-state index in [1.54, 1.807) is 25.1 Å². The summed E-state index contributed by atoms with van der Waals surface area (Å²) in [6, 6.07) is 6.48. The van der Waals surface area contributed by atoms with Crippen molar-refractivity contribution in [1.82, 2.24) is 0 Å². The van der Waals surface area contributed by atoms with E-state index in [0.29, 0.717) is 12.4 Å². The summed E-state index contributed by atoms with van der Waals surface area (Å²) in [5.74, 6) is 2.18. The molecule has 80 valence electrons. The predicted octanol–water partition coefficient (Wildman–Crippen LogP) is 1.49. The summed E-state index contributed by atoms with van der Waals surface area (Å²) >= 11 is 0. The molecule has 0 heterocycles. The van der Waals surface area contributed by atoms with Gasteiger partial charge in [0.2, 0.25) is 0 Å². The molecule has 0 aliphatic carbocycles. The molecule has 0 atom stereocenters. The van der Waals surface area contributed by atoms with Crippen molar-refractivity contribution in [2.24, 2.45) is 0 Å². The standard InChI is InChI=1S/C11H12O3S/c1-3-9-15(12,13)11-8-6-5-7-10(11)14-4-2/h1,5-8H,4,9H2,2H3. The van der Waals surface area contributed by atoms with Crippen molar-refractivity contribution >= 4 is 9.84 Å². The number of para-hydroxylation sites is 1. The van der Waals surface area contributed by atoms with Gasteiger partial charge in [-0.3, -0.25) is 0 Å². The first-order chi connectivity index (χ1) is 7.11. The van der Waals surface area contributed by atoms with Crippen LogP contribution in [0.1, 0.15) is 6.92 Å². The highest BCUT2D eigenvalue weighted by atomic mass is 32.2. The highest BCUT2D eigenvalue weighted by molar-refractivity contribution is 7.91. The van der Waals surface area contributed by atoms with E-state index in [1.165, 1.54) is 6.07 Å². The van der Waals surface area contributed by atoms with Crippen molar-refractivity contribution in [3.05, 3.63) is 24.3 Å². The SMILES string of the molecule is C#CCS(=O)(=O)c1ccccc1OCC. The van der Waals surface area contributed by atoms with Gasteiger partial charge in [-0.2, -0.15) is 0 Å². The van der Waals surface area contributed by atoms with E-state index in [2.05, 4.69) is 5.92 Å². The maximum atomic E-state index is 11.7. The fourth-order valence-corrected chi connectivity index (χ4v) is 2.26. The molecule has 0 saturated carbocycles. The van der Waals surface area contributed by atoms with Gasteiger partial charge in [-0.15, -0.1) is 6.42 Å². The largest absolute Gasteiger partial charge is 0.493 e. The molecule has 0 spiro atoms. The monoisotopic (exact) mass is 224 g/mol. The first-order valence-corrected chi connectivity index (χ1v) is 6.15. The summed E-state index contributed by atoms with van der Waals surface area (Å²) in [6.07, 6.45) is 5.01. The highest BCUT2D eigenvalue weighted by Crippen LogP contribution is 2.24. The van der Waals surface area contributed by atoms with E-state index < -0.39 is 9.84 Å². The van der Waals surface area contributed by atoms with Crippen molar-refractivity contribution in [3.63, 3.8) is 0 Å². The van der Waals surface area contributed by atoms with Gasteiger partial charge in [-0.25, -0.2) is 8.42 Å². The fourth-order valence-electron chi connectivity index (χ4n) is 1.17. The number of rotatable bonds is 4. The average molecular weight is 224 g/mol. The zero-order valence-corrected chi connectivity index (χ0v) is 9.25. The number of hydrogen-bond acceptors (Lipinski definition) is 3. The second kappa shape index (κ2) is 4.85. The third-order valence-electron chi connectivity index (χ3n) is 1.76. The van der Waals surface area contributed by atoms with Crippen LogP contribution in [0.4, 0.5) is 0 Å². The smallest absolute Gasteiger partial charge is 0.193 e. The fraction of sp³-hybridized carbons (Fsp3) is 0.273. The van der Waals surface area contributed by atoms with Gasteiger partial charge in [0.15, 0.2) is 9.84 Å². The Bertz CT molecular complexity index is 469. The summed E-state index contributed by atoms with van der Waals surface area (Å²) in [4.78, 5) is 0.157. The summed E-state index contributed by atoms with van der Waals surface area (Å²) in [7, 11) is -3.42. The van der Waals surface area contributed by atoms with Crippen LogP contribution in [0.25, 0.3) is 0 Å². The number of ether oxygens (including phenoxy) is 1. The van der Waals surface area contributed by atoms with E-state index in [4.69, 9.17) is 11.2 Å². The Kier molecular flexibility index (Phi) is 3.75. The topological polar surface area (TPSA) is 43.4 Å². The van der Waals surface area contributed by atoms with E-state index >= 15 is 0 Å². The second-order valence-electron chi connectivity index (χ2n) is 2.84. The molecule has 0 unspecified atom stereocenters. The molecule has 15 heavy (non-hydrogen) atoms. The third kappa shape index (κ3) is 2.74. The lowest BCUT2D eigenvalue weighted by atomic mass is 10.3. The van der Waals surface area contributed by atoms with Gasteiger partial charge in [0.1, 0.15) is 16.4 Å². The molecule has 0 aliphatic heterocycles.